The molecule has 2 aromatic rings. The lowest BCUT2D eigenvalue weighted by Gasteiger charge is -2.22. The van der Waals surface area contributed by atoms with Gasteiger partial charge >= 0.3 is 10.1 Å². The number of ether oxygens (including phenoxy) is 2. The van der Waals surface area contributed by atoms with Crippen LogP contribution in [0.3, 0.4) is 0 Å². The maximum atomic E-state index is 12.8. The Morgan fingerprint density at radius 1 is 1.24 bits per heavy atom. The number of rotatable bonds is 7. The van der Waals surface area contributed by atoms with E-state index in [0.717, 1.165) is 5.56 Å². The van der Waals surface area contributed by atoms with Crippen LogP contribution in [0.5, 0.6) is 11.5 Å². The van der Waals surface area contributed by atoms with Crippen molar-refractivity contribution in [2.24, 2.45) is 0 Å². The molecular formula is C18H23IN4O5S. The van der Waals surface area contributed by atoms with E-state index < -0.39 is 15.4 Å². The molecule has 1 aromatic heterocycles. The van der Waals surface area contributed by atoms with Crippen molar-refractivity contribution in [1.82, 2.24) is 9.97 Å². The highest BCUT2D eigenvalue weighted by atomic mass is 127. The van der Waals surface area contributed by atoms with E-state index in [2.05, 4.69) is 9.97 Å². The second-order valence-corrected chi connectivity index (χ2v) is 9.44. The molecule has 158 valence electrons. The molecule has 11 heteroatoms. The molecule has 1 saturated heterocycles. The van der Waals surface area contributed by atoms with Crippen LogP contribution in [-0.4, -0.2) is 43.5 Å². The van der Waals surface area contributed by atoms with Crippen molar-refractivity contribution in [2.75, 3.05) is 31.3 Å². The molecule has 9 nitrogen and oxygen atoms in total. The first-order chi connectivity index (χ1) is 13.8. The second-order valence-electron chi connectivity index (χ2n) is 6.54. The normalized spacial score (nSPS) is 15.2. The molecule has 4 N–H and O–H groups in total. The first-order valence-electron chi connectivity index (χ1n) is 9.13. The van der Waals surface area contributed by atoms with E-state index in [9.17, 15) is 8.42 Å². The predicted molar refractivity (Wildman–Crippen MR) is 117 cm³/mol. The zero-order valence-electron chi connectivity index (χ0n) is 15.9. The topological polar surface area (TPSA) is 140 Å². The maximum absolute atomic E-state index is 12.8. The first kappa shape index (κ1) is 21.8. The lowest BCUT2D eigenvalue weighted by molar-refractivity contribution is 0.0971. The molecule has 1 fully saturated rings. The van der Waals surface area contributed by atoms with E-state index in [1.165, 1.54) is 0 Å². The summed E-state index contributed by atoms with van der Waals surface area (Å²) in [6.45, 7) is 3.10. The van der Waals surface area contributed by atoms with Gasteiger partial charge in [-0.2, -0.15) is 13.4 Å². The Morgan fingerprint density at radius 3 is 2.59 bits per heavy atom. The molecule has 0 saturated carbocycles. The zero-order valence-corrected chi connectivity index (χ0v) is 18.9. The van der Waals surface area contributed by atoms with Crippen LogP contribution < -0.4 is 20.4 Å². The standard InChI is InChI=1S/C18H23IN4O5S/c1-2-27-14-8-11(7-12-10-22-18(21)23-17(12)20)9-15(16(14)19)28-29(24,25)13-3-5-26-6-4-13/h8-10,13H,2-7H2,1H3,(H4,20,21,22,23). The van der Waals surface area contributed by atoms with Crippen molar-refractivity contribution in [3.8, 4) is 11.5 Å². The highest BCUT2D eigenvalue weighted by Gasteiger charge is 2.30. The van der Waals surface area contributed by atoms with Crippen LogP contribution in [0.25, 0.3) is 0 Å². The number of aromatic nitrogens is 2. The number of anilines is 2. The fourth-order valence-corrected chi connectivity index (χ4v) is 5.01. The average Bonchev–Trinajstić information content (AvgIpc) is 2.68. The van der Waals surface area contributed by atoms with Crippen LogP contribution in [0, 0.1) is 3.57 Å². The summed E-state index contributed by atoms with van der Waals surface area (Å²) in [4.78, 5) is 7.93. The van der Waals surface area contributed by atoms with E-state index in [1.54, 1.807) is 12.3 Å². The molecule has 2 heterocycles. The van der Waals surface area contributed by atoms with Gasteiger partial charge in [0.15, 0.2) is 5.75 Å². The van der Waals surface area contributed by atoms with Crippen molar-refractivity contribution < 1.29 is 22.1 Å². The van der Waals surface area contributed by atoms with Crippen molar-refractivity contribution in [1.29, 1.82) is 0 Å². The van der Waals surface area contributed by atoms with Crippen molar-refractivity contribution in [3.05, 3.63) is 33.0 Å². The van der Waals surface area contributed by atoms with Crippen molar-refractivity contribution in [2.45, 2.75) is 31.4 Å². The number of nitrogen functional groups attached to an aromatic ring is 2. The van der Waals surface area contributed by atoms with Gasteiger partial charge in [-0.3, -0.25) is 0 Å². The Kier molecular flexibility index (Phi) is 7.01. The van der Waals surface area contributed by atoms with Crippen LogP contribution in [0.15, 0.2) is 18.3 Å². The SMILES string of the molecule is CCOc1cc(Cc2cnc(N)nc2N)cc(OS(=O)(=O)C2CCOCC2)c1I. The largest absolute Gasteiger partial charge is 0.493 e. The van der Waals surface area contributed by atoms with E-state index in [-0.39, 0.29) is 17.5 Å². The fraction of sp³-hybridized carbons (Fsp3) is 0.444. The molecule has 1 aliphatic heterocycles. The molecule has 0 bridgehead atoms. The Hall–Kier alpha value is -1.86. The molecule has 0 atom stereocenters. The summed E-state index contributed by atoms with van der Waals surface area (Å²) in [5.41, 5.74) is 12.9. The summed E-state index contributed by atoms with van der Waals surface area (Å²) in [6, 6.07) is 3.51. The molecule has 29 heavy (non-hydrogen) atoms. The maximum Gasteiger partial charge on any atom is 0.312 e. The molecular weight excluding hydrogens is 511 g/mol. The summed E-state index contributed by atoms with van der Waals surface area (Å²) in [7, 11) is -3.80. The Bertz CT molecular complexity index is 980. The van der Waals surface area contributed by atoms with Gasteiger partial charge in [0.05, 0.1) is 10.2 Å². The zero-order chi connectivity index (χ0) is 21.0. The van der Waals surface area contributed by atoms with Crippen LogP contribution in [0.1, 0.15) is 30.9 Å². The Balaban J connectivity index is 1.93. The lowest BCUT2D eigenvalue weighted by Crippen LogP contribution is -2.32. The van der Waals surface area contributed by atoms with Gasteiger partial charge in [-0.25, -0.2) is 4.98 Å². The molecule has 1 aliphatic rings. The lowest BCUT2D eigenvalue weighted by atomic mass is 10.1. The minimum atomic E-state index is -3.80. The molecule has 3 rings (SSSR count). The Morgan fingerprint density at radius 2 is 1.93 bits per heavy atom. The third kappa shape index (κ3) is 5.39. The van der Waals surface area contributed by atoms with Gasteiger partial charge in [0, 0.05) is 31.4 Å². The molecule has 0 amide bonds. The summed E-state index contributed by atoms with van der Waals surface area (Å²) in [5.74, 6) is 1.13. The quantitative estimate of drug-likeness (QED) is 0.404. The molecule has 0 spiro atoms. The molecule has 0 unspecified atom stereocenters. The van der Waals surface area contributed by atoms with Gasteiger partial charge < -0.3 is 25.1 Å². The van der Waals surface area contributed by atoms with Gasteiger partial charge in [-0.15, -0.1) is 0 Å². The van der Waals surface area contributed by atoms with Gasteiger partial charge in [0.2, 0.25) is 5.95 Å². The highest BCUT2D eigenvalue weighted by Crippen LogP contribution is 2.35. The van der Waals surface area contributed by atoms with Crippen molar-refractivity contribution >= 4 is 44.5 Å². The summed E-state index contributed by atoms with van der Waals surface area (Å²) in [6.07, 6.45) is 2.75. The minimum Gasteiger partial charge on any atom is -0.493 e. The Labute approximate surface area is 183 Å². The van der Waals surface area contributed by atoms with E-state index in [1.807, 2.05) is 35.6 Å². The second kappa shape index (κ2) is 9.30. The molecule has 0 radical (unpaired) electrons. The number of halogens is 1. The van der Waals surface area contributed by atoms with Crippen LogP contribution >= 0.6 is 22.6 Å². The number of hydrogen-bond acceptors (Lipinski definition) is 9. The first-order valence-corrected chi connectivity index (χ1v) is 11.7. The smallest absolute Gasteiger partial charge is 0.312 e. The van der Waals surface area contributed by atoms with E-state index in [4.69, 9.17) is 25.1 Å². The van der Waals surface area contributed by atoms with Gasteiger partial charge in [0.1, 0.15) is 16.8 Å². The summed E-state index contributed by atoms with van der Waals surface area (Å²) >= 11 is 2.03. The monoisotopic (exact) mass is 534 g/mol. The van der Waals surface area contributed by atoms with Crippen LogP contribution in [-0.2, 0) is 21.3 Å². The highest BCUT2D eigenvalue weighted by molar-refractivity contribution is 14.1. The van der Waals surface area contributed by atoms with E-state index in [0.29, 0.717) is 54.0 Å². The number of nitrogens with two attached hydrogens (primary N) is 2. The van der Waals surface area contributed by atoms with Crippen LogP contribution in [0.2, 0.25) is 0 Å². The number of benzene rings is 1. The fourth-order valence-electron chi connectivity index (χ4n) is 3.00. The van der Waals surface area contributed by atoms with Gasteiger partial charge in [-0.1, -0.05) is 0 Å². The number of nitrogens with zero attached hydrogens (tertiary/aromatic N) is 2. The van der Waals surface area contributed by atoms with Gasteiger partial charge in [-0.05, 0) is 60.1 Å². The molecule has 1 aromatic carbocycles. The van der Waals surface area contributed by atoms with Crippen molar-refractivity contribution in [3.63, 3.8) is 0 Å². The average molecular weight is 534 g/mol. The number of hydrogen-bond donors (Lipinski definition) is 2. The predicted octanol–water partition coefficient (Wildman–Crippen LogP) is 2.12. The molecule has 0 aliphatic carbocycles. The van der Waals surface area contributed by atoms with E-state index >= 15 is 0 Å². The summed E-state index contributed by atoms with van der Waals surface area (Å²) in [5, 5.41) is -0.590. The summed E-state index contributed by atoms with van der Waals surface area (Å²) < 4.78 is 42.6. The third-order valence-corrected chi connectivity index (χ3v) is 7.22. The minimum absolute atomic E-state index is 0.0930. The third-order valence-electron chi connectivity index (χ3n) is 4.46. The van der Waals surface area contributed by atoms with Crippen LogP contribution in [0.4, 0.5) is 11.8 Å². The van der Waals surface area contributed by atoms with Gasteiger partial charge in [0.25, 0.3) is 0 Å².